The van der Waals surface area contributed by atoms with Gasteiger partial charge in [0.25, 0.3) is 0 Å². The molecular formula is C8H14N2O2S. The largest absolute Gasteiger partial charge is 0.315 e. The van der Waals surface area contributed by atoms with E-state index >= 15 is 0 Å². The fourth-order valence-corrected chi connectivity index (χ4v) is 3.03. The topological polar surface area (TPSA) is 58.2 Å². The molecule has 1 saturated heterocycles. The minimum Gasteiger partial charge on any atom is -0.315 e. The van der Waals surface area contributed by atoms with Gasteiger partial charge in [-0.15, -0.1) is 0 Å². The van der Waals surface area contributed by atoms with Crippen LogP contribution in [0.5, 0.6) is 0 Å². The minimum atomic E-state index is -2.90. The molecule has 2 aliphatic heterocycles. The van der Waals surface area contributed by atoms with Gasteiger partial charge in [-0.25, -0.2) is 8.42 Å². The molecule has 1 fully saturated rings. The van der Waals surface area contributed by atoms with Crippen molar-refractivity contribution in [1.82, 2.24) is 10.6 Å². The Morgan fingerprint density at radius 3 is 2.85 bits per heavy atom. The van der Waals surface area contributed by atoms with Crippen LogP contribution in [0.3, 0.4) is 0 Å². The molecule has 2 atom stereocenters. The molecule has 0 spiro atoms. The van der Waals surface area contributed by atoms with Crippen LogP contribution in [0.4, 0.5) is 0 Å². The number of hydrogen-bond donors (Lipinski definition) is 2. The fourth-order valence-electron chi connectivity index (χ4n) is 1.78. The Kier molecular flexibility index (Phi) is 2.40. The van der Waals surface area contributed by atoms with Gasteiger partial charge in [-0.2, -0.15) is 0 Å². The summed E-state index contributed by atoms with van der Waals surface area (Å²) in [5.74, 6) is 0.226. The standard InChI is InChI=1S/C8H14N2O2S/c11-13(12)4-2-8(6-13)10-7-1-3-9-5-7/h2,4,7-10H,1,3,5-6H2. The second kappa shape index (κ2) is 3.40. The molecule has 0 amide bonds. The molecule has 2 N–H and O–H groups in total. The molecule has 0 aromatic carbocycles. The van der Waals surface area contributed by atoms with Gasteiger partial charge < -0.3 is 10.6 Å². The van der Waals surface area contributed by atoms with Crippen molar-refractivity contribution < 1.29 is 8.42 Å². The van der Waals surface area contributed by atoms with E-state index in [1.807, 2.05) is 0 Å². The predicted octanol–water partition coefficient (Wildman–Crippen LogP) is -0.751. The highest BCUT2D eigenvalue weighted by Gasteiger charge is 2.24. The summed E-state index contributed by atoms with van der Waals surface area (Å²) in [5, 5.41) is 7.85. The van der Waals surface area contributed by atoms with Crippen molar-refractivity contribution in [3.05, 3.63) is 11.5 Å². The number of sulfone groups is 1. The van der Waals surface area contributed by atoms with Crippen molar-refractivity contribution in [3.8, 4) is 0 Å². The normalized spacial score (nSPS) is 36.9. The van der Waals surface area contributed by atoms with E-state index in [0.717, 1.165) is 19.5 Å². The Morgan fingerprint density at radius 2 is 2.31 bits per heavy atom. The minimum absolute atomic E-state index is 0.0231. The van der Waals surface area contributed by atoms with Crippen LogP contribution in [-0.2, 0) is 9.84 Å². The summed E-state index contributed by atoms with van der Waals surface area (Å²) in [7, 11) is -2.90. The van der Waals surface area contributed by atoms with Crippen LogP contribution in [0.25, 0.3) is 0 Å². The Morgan fingerprint density at radius 1 is 1.46 bits per heavy atom. The van der Waals surface area contributed by atoms with Crippen LogP contribution in [0, 0.1) is 0 Å². The lowest BCUT2D eigenvalue weighted by atomic mass is 10.2. The van der Waals surface area contributed by atoms with E-state index in [9.17, 15) is 8.42 Å². The fraction of sp³-hybridized carbons (Fsp3) is 0.750. The van der Waals surface area contributed by atoms with Crippen LogP contribution in [0.15, 0.2) is 11.5 Å². The summed E-state index contributed by atoms with van der Waals surface area (Å²) in [6, 6.07) is 0.456. The van der Waals surface area contributed by atoms with Crippen LogP contribution >= 0.6 is 0 Å². The molecule has 4 nitrogen and oxygen atoms in total. The molecule has 2 unspecified atom stereocenters. The van der Waals surface area contributed by atoms with Gasteiger partial charge in [-0.1, -0.05) is 6.08 Å². The van der Waals surface area contributed by atoms with Crippen molar-refractivity contribution in [1.29, 1.82) is 0 Å². The van der Waals surface area contributed by atoms with Crippen LogP contribution in [-0.4, -0.2) is 39.3 Å². The van der Waals surface area contributed by atoms with Crippen molar-refractivity contribution in [2.24, 2.45) is 0 Å². The third kappa shape index (κ3) is 2.30. The van der Waals surface area contributed by atoms with Gasteiger partial charge in [0.15, 0.2) is 9.84 Å². The Balaban J connectivity index is 1.87. The number of hydrogen-bond acceptors (Lipinski definition) is 4. The zero-order valence-electron chi connectivity index (χ0n) is 7.36. The highest BCUT2D eigenvalue weighted by atomic mass is 32.2. The Labute approximate surface area is 78.3 Å². The molecule has 0 aromatic rings. The second-order valence-electron chi connectivity index (χ2n) is 3.62. The lowest BCUT2D eigenvalue weighted by Gasteiger charge is -2.15. The van der Waals surface area contributed by atoms with E-state index in [2.05, 4.69) is 10.6 Å². The van der Waals surface area contributed by atoms with E-state index in [0.29, 0.717) is 6.04 Å². The van der Waals surface area contributed by atoms with Crippen molar-refractivity contribution in [3.63, 3.8) is 0 Å². The molecule has 5 heteroatoms. The zero-order valence-corrected chi connectivity index (χ0v) is 8.18. The van der Waals surface area contributed by atoms with Crippen molar-refractivity contribution in [2.45, 2.75) is 18.5 Å². The van der Waals surface area contributed by atoms with E-state index in [4.69, 9.17) is 0 Å². The lowest BCUT2D eigenvalue weighted by Crippen LogP contribution is -2.40. The summed E-state index contributed by atoms with van der Waals surface area (Å²) in [6.07, 6.45) is 2.83. The van der Waals surface area contributed by atoms with Gasteiger partial charge >= 0.3 is 0 Å². The molecule has 0 saturated carbocycles. The molecule has 13 heavy (non-hydrogen) atoms. The van der Waals surface area contributed by atoms with Crippen LogP contribution in [0.1, 0.15) is 6.42 Å². The maximum Gasteiger partial charge on any atom is 0.173 e. The average molecular weight is 202 g/mol. The van der Waals surface area contributed by atoms with Crippen molar-refractivity contribution >= 4 is 9.84 Å². The molecule has 0 radical (unpaired) electrons. The van der Waals surface area contributed by atoms with Gasteiger partial charge in [0.2, 0.25) is 0 Å². The zero-order chi connectivity index (χ0) is 9.31. The SMILES string of the molecule is O=S1(=O)C=CC(NC2CCNC2)C1. The summed E-state index contributed by atoms with van der Waals surface area (Å²) in [6.45, 7) is 1.98. The first-order valence-corrected chi connectivity index (χ1v) is 6.25. The number of nitrogens with one attached hydrogen (secondary N) is 2. The average Bonchev–Trinajstić information content (AvgIpc) is 2.61. The second-order valence-corrected chi connectivity index (χ2v) is 5.55. The summed E-state index contributed by atoms with van der Waals surface area (Å²) in [5.41, 5.74) is 0. The van der Waals surface area contributed by atoms with Crippen LogP contribution in [0.2, 0.25) is 0 Å². The molecular weight excluding hydrogens is 188 g/mol. The molecule has 2 heterocycles. The van der Waals surface area contributed by atoms with Gasteiger partial charge in [0, 0.05) is 24.0 Å². The lowest BCUT2D eigenvalue weighted by molar-refractivity contribution is 0.515. The summed E-state index contributed by atoms with van der Waals surface area (Å²) in [4.78, 5) is 0. The van der Waals surface area contributed by atoms with Gasteiger partial charge in [0.05, 0.1) is 5.75 Å². The van der Waals surface area contributed by atoms with Crippen LogP contribution < -0.4 is 10.6 Å². The van der Waals surface area contributed by atoms with E-state index in [1.165, 1.54) is 5.41 Å². The highest BCUT2D eigenvalue weighted by Crippen LogP contribution is 2.10. The van der Waals surface area contributed by atoms with Gasteiger partial charge in [-0.3, -0.25) is 0 Å². The molecule has 74 valence electrons. The van der Waals surface area contributed by atoms with Crippen molar-refractivity contribution in [2.75, 3.05) is 18.8 Å². The van der Waals surface area contributed by atoms with E-state index < -0.39 is 9.84 Å². The maximum absolute atomic E-state index is 11.1. The molecule has 0 bridgehead atoms. The summed E-state index contributed by atoms with van der Waals surface area (Å²) < 4.78 is 22.1. The molecule has 0 aliphatic carbocycles. The third-order valence-electron chi connectivity index (χ3n) is 2.44. The first kappa shape index (κ1) is 9.18. The van der Waals surface area contributed by atoms with Gasteiger partial charge in [0.1, 0.15) is 0 Å². The molecule has 0 aromatic heterocycles. The monoisotopic (exact) mass is 202 g/mol. The molecule has 2 aliphatic rings. The third-order valence-corrected chi connectivity index (χ3v) is 3.84. The Hall–Kier alpha value is -0.390. The van der Waals surface area contributed by atoms with E-state index in [1.54, 1.807) is 6.08 Å². The quantitative estimate of drug-likeness (QED) is 0.618. The van der Waals surface area contributed by atoms with Gasteiger partial charge in [-0.05, 0) is 13.0 Å². The van der Waals surface area contributed by atoms with E-state index in [-0.39, 0.29) is 11.8 Å². The maximum atomic E-state index is 11.1. The first-order valence-electron chi connectivity index (χ1n) is 4.53. The summed E-state index contributed by atoms with van der Waals surface area (Å²) >= 11 is 0. The smallest absolute Gasteiger partial charge is 0.173 e. The molecule has 2 rings (SSSR count). The highest BCUT2D eigenvalue weighted by molar-refractivity contribution is 7.94. The Bertz CT molecular complexity index is 304. The number of rotatable bonds is 2. The first-order chi connectivity index (χ1) is 6.16. The predicted molar refractivity (Wildman–Crippen MR) is 51.1 cm³/mol.